The summed E-state index contributed by atoms with van der Waals surface area (Å²) in [4.78, 5) is 3.79. The van der Waals surface area contributed by atoms with Gasteiger partial charge in [-0.25, -0.2) is 0 Å². The second-order valence-corrected chi connectivity index (χ2v) is 4.08. The van der Waals surface area contributed by atoms with Gasteiger partial charge in [0.1, 0.15) is 5.75 Å². The molecule has 0 fully saturated rings. The molecule has 0 saturated heterocycles. The Kier molecular flexibility index (Phi) is 3.21. The molecule has 0 atom stereocenters. The largest absolute Gasteiger partial charge is 0.506 e. The van der Waals surface area contributed by atoms with Crippen molar-refractivity contribution in [1.29, 1.82) is 0 Å². The lowest BCUT2D eigenvalue weighted by atomic mass is 10.1. The van der Waals surface area contributed by atoms with Gasteiger partial charge in [-0.05, 0) is 6.92 Å². The van der Waals surface area contributed by atoms with Crippen LogP contribution in [0.1, 0.15) is 16.8 Å². The van der Waals surface area contributed by atoms with E-state index in [-0.39, 0.29) is 22.6 Å². The maximum Gasteiger partial charge on any atom is 0.245 e. The Hall–Kier alpha value is -0.550. The van der Waals surface area contributed by atoms with Crippen LogP contribution in [0.25, 0.3) is 0 Å². The Morgan fingerprint density at radius 2 is 2.07 bits per heavy atom. The van der Waals surface area contributed by atoms with Crippen LogP contribution >= 0.6 is 23.2 Å². The smallest absolute Gasteiger partial charge is 0.245 e. The Labute approximate surface area is 90.7 Å². The van der Waals surface area contributed by atoms with Crippen LogP contribution in [-0.2, 0) is 11.1 Å². The number of aliphatic hydroxyl groups excluding tert-OH is 1. The number of aromatic hydroxyl groups is 1. The molecule has 78 valence electrons. The molecule has 4 nitrogen and oxygen atoms in total. The molecule has 6 heteroatoms. The highest BCUT2D eigenvalue weighted by Crippen LogP contribution is 2.39. The molecule has 0 spiro atoms. The summed E-state index contributed by atoms with van der Waals surface area (Å²) >= 11 is 10.9. The van der Waals surface area contributed by atoms with Gasteiger partial charge in [-0.2, -0.15) is 0 Å². The molecule has 1 heterocycles. The van der Waals surface area contributed by atoms with Gasteiger partial charge in [0.15, 0.2) is 0 Å². The predicted molar refractivity (Wildman–Crippen MR) is 52.2 cm³/mol. The molecule has 0 amide bonds. The number of aromatic nitrogens is 1. The molecule has 0 bridgehead atoms. The highest BCUT2D eigenvalue weighted by molar-refractivity contribution is 6.46. The lowest BCUT2D eigenvalue weighted by molar-refractivity contribution is 0.205. The highest BCUT2D eigenvalue weighted by atomic mass is 35.5. The van der Waals surface area contributed by atoms with Crippen molar-refractivity contribution in [3.63, 3.8) is 0 Å². The molecule has 1 rings (SSSR count). The summed E-state index contributed by atoms with van der Waals surface area (Å²) in [6, 6.07) is 0. The van der Waals surface area contributed by atoms with Gasteiger partial charge in [-0.1, -0.05) is 23.2 Å². The molecule has 3 N–H and O–H groups in total. The van der Waals surface area contributed by atoms with Gasteiger partial charge in [0.2, 0.25) is 4.52 Å². The fourth-order valence-corrected chi connectivity index (χ4v) is 1.51. The zero-order valence-electron chi connectivity index (χ0n) is 7.33. The number of hydrogen-bond donors (Lipinski definition) is 3. The Morgan fingerprint density at radius 3 is 2.50 bits per heavy atom. The number of pyridine rings is 1. The fraction of sp³-hybridized carbons (Fsp3) is 0.375. The minimum Gasteiger partial charge on any atom is -0.506 e. The van der Waals surface area contributed by atoms with Crippen molar-refractivity contribution in [3.8, 4) is 5.75 Å². The molecule has 0 aliphatic carbocycles. The van der Waals surface area contributed by atoms with E-state index < -0.39 is 11.1 Å². The second-order valence-electron chi connectivity index (χ2n) is 2.79. The average molecular weight is 238 g/mol. The van der Waals surface area contributed by atoms with E-state index in [2.05, 4.69) is 4.98 Å². The average Bonchev–Trinajstić information content (AvgIpc) is 2.07. The topological polar surface area (TPSA) is 73.6 Å². The number of halogens is 2. The molecular weight excluding hydrogens is 229 g/mol. The van der Waals surface area contributed by atoms with Crippen molar-refractivity contribution in [1.82, 2.24) is 4.98 Å². The van der Waals surface area contributed by atoms with Crippen LogP contribution in [0.15, 0.2) is 6.20 Å². The Morgan fingerprint density at radius 1 is 1.50 bits per heavy atom. The van der Waals surface area contributed by atoms with Gasteiger partial charge < -0.3 is 15.3 Å². The van der Waals surface area contributed by atoms with Crippen molar-refractivity contribution >= 4 is 23.2 Å². The number of hydrogen-bond acceptors (Lipinski definition) is 4. The summed E-state index contributed by atoms with van der Waals surface area (Å²) in [6.07, 6.45) is 1.29. The lowest BCUT2D eigenvalue weighted by Crippen LogP contribution is -2.13. The third-order valence-electron chi connectivity index (χ3n) is 1.79. The third kappa shape index (κ3) is 2.09. The molecule has 1 aromatic rings. The standard InChI is InChI=1S/C8H9Cl2NO3/c1-4-7(13)6(8(9,10)14)5(3-12)2-11-4/h2,12-14H,3H2,1H3. The second kappa shape index (κ2) is 3.90. The van der Waals surface area contributed by atoms with Crippen molar-refractivity contribution in [2.45, 2.75) is 18.1 Å². The van der Waals surface area contributed by atoms with E-state index in [0.717, 1.165) is 0 Å². The zero-order chi connectivity index (χ0) is 10.9. The van der Waals surface area contributed by atoms with E-state index in [1.54, 1.807) is 0 Å². The lowest BCUT2D eigenvalue weighted by Gasteiger charge is -2.18. The van der Waals surface area contributed by atoms with Crippen LogP contribution in [0.4, 0.5) is 0 Å². The minimum atomic E-state index is -2.24. The minimum absolute atomic E-state index is 0.129. The molecule has 0 aliphatic rings. The van der Waals surface area contributed by atoms with Gasteiger partial charge in [-0.3, -0.25) is 4.98 Å². The quantitative estimate of drug-likeness (QED) is 0.676. The molecule has 14 heavy (non-hydrogen) atoms. The van der Waals surface area contributed by atoms with Crippen LogP contribution in [0.3, 0.4) is 0 Å². The Balaban J connectivity index is 3.44. The maximum atomic E-state index is 9.54. The normalized spacial score (nSPS) is 11.8. The molecule has 0 saturated carbocycles. The predicted octanol–water partition coefficient (Wildman–Crippen LogP) is 1.17. The van der Waals surface area contributed by atoms with Gasteiger partial charge in [0.05, 0.1) is 17.9 Å². The zero-order valence-corrected chi connectivity index (χ0v) is 8.84. The van der Waals surface area contributed by atoms with E-state index in [4.69, 9.17) is 28.3 Å². The molecule has 0 radical (unpaired) electrons. The van der Waals surface area contributed by atoms with Gasteiger partial charge in [-0.15, -0.1) is 0 Å². The first-order valence-corrected chi connectivity index (χ1v) is 4.52. The van der Waals surface area contributed by atoms with Crippen LogP contribution in [-0.4, -0.2) is 20.3 Å². The van der Waals surface area contributed by atoms with Crippen LogP contribution in [0.5, 0.6) is 5.75 Å². The number of alkyl halides is 2. The van der Waals surface area contributed by atoms with Crippen LogP contribution in [0.2, 0.25) is 0 Å². The maximum absolute atomic E-state index is 9.54. The molecule has 0 unspecified atom stereocenters. The fourth-order valence-electron chi connectivity index (χ4n) is 1.09. The highest BCUT2D eigenvalue weighted by Gasteiger charge is 2.30. The van der Waals surface area contributed by atoms with E-state index in [1.807, 2.05) is 0 Å². The van der Waals surface area contributed by atoms with E-state index >= 15 is 0 Å². The van der Waals surface area contributed by atoms with Crippen molar-refractivity contribution in [2.24, 2.45) is 0 Å². The number of nitrogens with zero attached hydrogens (tertiary/aromatic N) is 1. The van der Waals surface area contributed by atoms with E-state index in [0.29, 0.717) is 0 Å². The van der Waals surface area contributed by atoms with Gasteiger partial charge >= 0.3 is 0 Å². The summed E-state index contributed by atoms with van der Waals surface area (Å²) in [5.41, 5.74) is 0.327. The summed E-state index contributed by atoms with van der Waals surface area (Å²) in [5, 5.41) is 27.8. The first-order valence-electron chi connectivity index (χ1n) is 3.77. The van der Waals surface area contributed by atoms with E-state index in [9.17, 15) is 10.2 Å². The molecule has 0 aromatic carbocycles. The van der Waals surface area contributed by atoms with Crippen molar-refractivity contribution < 1.29 is 15.3 Å². The van der Waals surface area contributed by atoms with Crippen LogP contribution < -0.4 is 0 Å². The summed E-state index contributed by atoms with van der Waals surface area (Å²) < 4.78 is -2.24. The monoisotopic (exact) mass is 237 g/mol. The number of aliphatic hydroxyl groups is 2. The third-order valence-corrected chi connectivity index (χ3v) is 2.16. The summed E-state index contributed by atoms with van der Waals surface area (Å²) in [7, 11) is 0. The number of rotatable bonds is 2. The summed E-state index contributed by atoms with van der Waals surface area (Å²) in [5.74, 6) is -0.316. The molecule has 1 aromatic heterocycles. The van der Waals surface area contributed by atoms with Gasteiger partial charge in [0.25, 0.3) is 0 Å². The van der Waals surface area contributed by atoms with Crippen LogP contribution in [0, 0.1) is 6.92 Å². The summed E-state index contributed by atoms with van der Waals surface area (Å²) in [6.45, 7) is 1.11. The first kappa shape index (κ1) is 11.5. The van der Waals surface area contributed by atoms with Crippen molar-refractivity contribution in [2.75, 3.05) is 0 Å². The number of aryl methyl sites for hydroxylation is 1. The molecular formula is C8H9Cl2NO3. The van der Waals surface area contributed by atoms with Gasteiger partial charge in [0, 0.05) is 11.8 Å². The first-order chi connectivity index (χ1) is 6.38. The molecule has 0 aliphatic heterocycles. The SMILES string of the molecule is Cc1ncc(CO)c(C(O)(Cl)Cl)c1O. The van der Waals surface area contributed by atoms with E-state index in [1.165, 1.54) is 13.1 Å². The van der Waals surface area contributed by atoms with Crippen molar-refractivity contribution in [3.05, 3.63) is 23.0 Å². The Bertz CT molecular complexity index is 349.